The second-order valence-corrected chi connectivity index (χ2v) is 3.93. The van der Waals surface area contributed by atoms with Crippen LogP contribution in [0.5, 0.6) is 0 Å². The van der Waals surface area contributed by atoms with Crippen LogP contribution in [0, 0.1) is 17.3 Å². The van der Waals surface area contributed by atoms with Crippen LogP contribution in [0.1, 0.15) is 20.3 Å². The van der Waals surface area contributed by atoms with Gasteiger partial charge in [-0.25, -0.2) is 0 Å². The molecule has 0 amide bonds. The Morgan fingerprint density at radius 2 is 2.00 bits per heavy atom. The number of carbonyl (C=O) groups is 2. The van der Waals surface area contributed by atoms with Gasteiger partial charge in [-0.1, -0.05) is 19.1 Å². The van der Waals surface area contributed by atoms with Crippen LogP contribution in [0.3, 0.4) is 0 Å². The average molecular weight is 198 g/mol. The van der Waals surface area contributed by atoms with Gasteiger partial charge in [-0.15, -0.1) is 0 Å². The molecular weight excluding hydrogens is 184 g/mol. The first kappa shape index (κ1) is 10.8. The molecule has 1 rings (SSSR count). The summed E-state index contributed by atoms with van der Waals surface area (Å²) in [5.74, 6) is -3.16. The fourth-order valence-corrected chi connectivity index (χ4v) is 1.88. The van der Waals surface area contributed by atoms with Crippen LogP contribution < -0.4 is 0 Å². The summed E-state index contributed by atoms with van der Waals surface area (Å²) in [7, 11) is 0. The molecule has 0 aromatic heterocycles. The summed E-state index contributed by atoms with van der Waals surface area (Å²) < 4.78 is 0. The van der Waals surface area contributed by atoms with Crippen LogP contribution in [-0.2, 0) is 9.59 Å². The lowest BCUT2D eigenvalue weighted by Crippen LogP contribution is -2.45. The summed E-state index contributed by atoms with van der Waals surface area (Å²) in [6, 6.07) is 0. The highest BCUT2D eigenvalue weighted by atomic mass is 16.4. The maximum absolute atomic E-state index is 11.1. The maximum Gasteiger partial charge on any atom is 0.310 e. The fraction of sp³-hybridized carbons (Fsp3) is 0.600. The lowest BCUT2D eigenvalue weighted by Gasteiger charge is -2.37. The van der Waals surface area contributed by atoms with Gasteiger partial charge in [0.25, 0.3) is 0 Å². The molecule has 1 aliphatic carbocycles. The number of aliphatic carboxylic acids is 2. The molecule has 0 bridgehead atoms. The van der Waals surface area contributed by atoms with Gasteiger partial charge in [-0.3, -0.25) is 9.59 Å². The van der Waals surface area contributed by atoms with Crippen LogP contribution in [-0.4, -0.2) is 22.2 Å². The lowest BCUT2D eigenvalue weighted by molar-refractivity contribution is -0.164. The summed E-state index contributed by atoms with van der Waals surface area (Å²) in [4.78, 5) is 22.0. The van der Waals surface area contributed by atoms with E-state index in [0.29, 0.717) is 6.42 Å². The van der Waals surface area contributed by atoms with Gasteiger partial charge in [0.2, 0.25) is 0 Å². The molecule has 0 aromatic rings. The molecule has 4 nitrogen and oxygen atoms in total. The number of rotatable bonds is 2. The van der Waals surface area contributed by atoms with Gasteiger partial charge in [0.15, 0.2) is 0 Å². The van der Waals surface area contributed by atoms with E-state index in [-0.39, 0.29) is 5.92 Å². The van der Waals surface area contributed by atoms with Crippen molar-refractivity contribution in [2.45, 2.75) is 20.3 Å². The minimum absolute atomic E-state index is 0.255. The summed E-state index contributed by atoms with van der Waals surface area (Å²) >= 11 is 0. The second kappa shape index (κ2) is 3.44. The highest BCUT2D eigenvalue weighted by Crippen LogP contribution is 2.42. The Labute approximate surface area is 82.2 Å². The Morgan fingerprint density at radius 1 is 1.43 bits per heavy atom. The molecule has 0 unspecified atom stereocenters. The summed E-state index contributed by atoms with van der Waals surface area (Å²) in [5, 5.41) is 18.0. The van der Waals surface area contributed by atoms with Crippen molar-refractivity contribution in [3.8, 4) is 0 Å². The van der Waals surface area contributed by atoms with Gasteiger partial charge in [-0.2, -0.15) is 0 Å². The summed E-state index contributed by atoms with van der Waals surface area (Å²) in [6.07, 6.45) is 3.81. The minimum atomic E-state index is -1.19. The Balaban J connectivity index is 3.13. The van der Waals surface area contributed by atoms with Crippen molar-refractivity contribution in [2.24, 2.45) is 17.3 Å². The normalized spacial score (nSPS) is 36.7. The third-order valence-corrected chi connectivity index (χ3v) is 3.23. The van der Waals surface area contributed by atoms with Crippen LogP contribution in [0.2, 0.25) is 0 Å². The first-order valence-corrected chi connectivity index (χ1v) is 4.53. The predicted molar refractivity (Wildman–Crippen MR) is 49.8 cm³/mol. The van der Waals surface area contributed by atoms with E-state index in [0.717, 1.165) is 0 Å². The van der Waals surface area contributed by atoms with Crippen molar-refractivity contribution >= 4 is 11.9 Å². The smallest absolute Gasteiger partial charge is 0.310 e. The molecule has 3 atom stereocenters. The average Bonchev–Trinajstić information content (AvgIpc) is 2.08. The zero-order valence-corrected chi connectivity index (χ0v) is 8.23. The molecule has 0 aromatic carbocycles. The first-order chi connectivity index (χ1) is 6.40. The molecule has 0 saturated heterocycles. The third kappa shape index (κ3) is 1.41. The number of carboxylic acid groups (broad SMARTS) is 2. The van der Waals surface area contributed by atoms with Crippen molar-refractivity contribution in [1.82, 2.24) is 0 Å². The van der Waals surface area contributed by atoms with Gasteiger partial charge in [-0.05, 0) is 19.3 Å². The van der Waals surface area contributed by atoms with E-state index in [1.54, 1.807) is 19.1 Å². The van der Waals surface area contributed by atoms with Crippen molar-refractivity contribution in [1.29, 1.82) is 0 Å². The molecule has 2 N–H and O–H groups in total. The van der Waals surface area contributed by atoms with Crippen molar-refractivity contribution in [2.75, 3.05) is 0 Å². The zero-order chi connectivity index (χ0) is 10.9. The third-order valence-electron chi connectivity index (χ3n) is 3.23. The van der Waals surface area contributed by atoms with Crippen LogP contribution in [0.15, 0.2) is 12.2 Å². The second-order valence-electron chi connectivity index (χ2n) is 3.93. The fourth-order valence-electron chi connectivity index (χ4n) is 1.88. The number of carboxylic acids is 2. The largest absolute Gasteiger partial charge is 0.481 e. The quantitative estimate of drug-likeness (QED) is 0.657. The Bertz CT molecular complexity index is 294. The molecule has 14 heavy (non-hydrogen) atoms. The molecule has 0 fully saturated rings. The Morgan fingerprint density at radius 3 is 2.36 bits per heavy atom. The molecule has 0 spiro atoms. The summed E-state index contributed by atoms with van der Waals surface area (Å²) in [6.45, 7) is 3.24. The highest BCUT2D eigenvalue weighted by Gasteiger charge is 2.49. The molecule has 4 heteroatoms. The first-order valence-electron chi connectivity index (χ1n) is 4.53. The SMILES string of the molecule is C[C@@H]1C=CC[C@H](C(=O)O)[C@]1(C)C(=O)O. The van der Waals surface area contributed by atoms with Gasteiger partial charge in [0, 0.05) is 0 Å². The van der Waals surface area contributed by atoms with Crippen molar-refractivity contribution in [3.63, 3.8) is 0 Å². The molecule has 0 aliphatic heterocycles. The zero-order valence-electron chi connectivity index (χ0n) is 8.23. The Hall–Kier alpha value is -1.32. The van der Waals surface area contributed by atoms with E-state index >= 15 is 0 Å². The van der Waals surface area contributed by atoms with E-state index in [4.69, 9.17) is 10.2 Å². The van der Waals surface area contributed by atoms with E-state index < -0.39 is 23.3 Å². The van der Waals surface area contributed by atoms with E-state index in [2.05, 4.69) is 0 Å². The van der Waals surface area contributed by atoms with E-state index in [9.17, 15) is 9.59 Å². The lowest BCUT2D eigenvalue weighted by atomic mass is 9.64. The van der Waals surface area contributed by atoms with Crippen LogP contribution in [0.25, 0.3) is 0 Å². The standard InChI is InChI=1S/C10H14O4/c1-6-4-3-5-7(8(11)12)10(6,2)9(13)14/h3-4,6-7H,5H2,1-2H3,(H,11,12)(H,13,14)/t6-,7-,10-/m1/s1. The molecule has 0 radical (unpaired) electrons. The Kier molecular flexibility index (Phi) is 2.64. The molecular formula is C10H14O4. The number of hydrogen-bond acceptors (Lipinski definition) is 2. The number of allylic oxidation sites excluding steroid dienone is 2. The van der Waals surface area contributed by atoms with Crippen LogP contribution >= 0.6 is 0 Å². The molecule has 1 aliphatic rings. The molecule has 0 heterocycles. The van der Waals surface area contributed by atoms with Crippen molar-refractivity contribution < 1.29 is 19.8 Å². The highest BCUT2D eigenvalue weighted by molar-refractivity contribution is 5.84. The molecule has 78 valence electrons. The van der Waals surface area contributed by atoms with E-state index in [1.165, 1.54) is 6.92 Å². The van der Waals surface area contributed by atoms with Gasteiger partial charge >= 0.3 is 11.9 Å². The van der Waals surface area contributed by atoms with Crippen molar-refractivity contribution in [3.05, 3.63) is 12.2 Å². The van der Waals surface area contributed by atoms with Gasteiger partial charge < -0.3 is 10.2 Å². The topological polar surface area (TPSA) is 74.6 Å². The maximum atomic E-state index is 11.1. The predicted octanol–water partition coefficient (Wildman–Crippen LogP) is 1.37. The van der Waals surface area contributed by atoms with Gasteiger partial charge in [0.05, 0.1) is 11.3 Å². The van der Waals surface area contributed by atoms with Gasteiger partial charge in [0.1, 0.15) is 0 Å². The number of hydrogen-bond donors (Lipinski definition) is 2. The van der Waals surface area contributed by atoms with E-state index in [1.807, 2.05) is 0 Å². The van der Waals surface area contributed by atoms with Crippen LogP contribution in [0.4, 0.5) is 0 Å². The molecule has 0 saturated carbocycles. The monoisotopic (exact) mass is 198 g/mol. The minimum Gasteiger partial charge on any atom is -0.481 e. The summed E-state index contributed by atoms with van der Waals surface area (Å²) in [5.41, 5.74) is -1.19.